The van der Waals surface area contributed by atoms with Gasteiger partial charge < -0.3 is 13.9 Å². The normalized spacial score (nSPS) is 17.4. The number of carbonyl (C=O) groups is 1. The average Bonchev–Trinajstić information content (AvgIpc) is 3.46. The fraction of sp³-hybridized carbons (Fsp3) is 0.435. The van der Waals surface area contributed by atoms with E-state index in [9.17, 15) is 13.2 Å². The minimum atomic E-state index is -3.00. The number of nitrogens with zero attached hydrogens (tertiary/aromatic N) is 4. The van der Waals surface area contributed by atoms with Crippen molar-refractivity contribution < 1.29 is 17.9 Å². The Morgan fingerprint density at radius 1 is 1.24 bits per heavy atom. The fourth-order valence-corrected chi connectivity index (χ4v) is 7.10. The van der Waals surface area contributed by atoms with Crippen molar-refractivity contribution >= 4 is 27.4 Å². The predicted octanol–water partition coefficient (Wildman–Crippen LogP) is 3.73. The summed E-state index contributed by atoms with van der Waals surface area (Å²) in [6.07, 6.45) is 0.590. The highest BCUT2D eigenvalue weighted by Gasteiger charge is 2.31. The molecule has 0 spiro atoms. The van der Waals surface area contributed by atoms with Crippen LogP contribution in [0.1, 0.15) is 41.1 Å². The first-order chi connectivity index (χ1) is 15.8. The van der Waals surface area contributed by atoms with Crippen molar-refractivity contribution in [2.45, 2.75) is 44.9 Å². The zero-order valence-electron chi connectivity index (χ0n) is 19.2. The van der Waals surface area contributed by atoms with Gasteiger partial charge in [-0.05, 0) is 45.4 Å². The Morgan fingerprint density at radius 2 is 2.00 bits per heavy atom. The summed E-state index contributed by atoms with van der Waals surface area (Å²) < 4.78 is 33.3. The molecule has 2 aromatic heterocycles. The first-order valence-corrected chi connectivity index (χ1v) is 13.7. The number of ether oxygens (including phenoxy) is 1. The number of thioether (sulfide) groups is 1. The lowest BCUT2D eigenvalue weighted by molar-refractivity contribution is 0.102. The lowest BCUT2D eigenvalue weighted by Gasteiger charge is -2.16. The van der Waals surface area contributed by atoms with Crippen LogP contribution in [-0.4, -0.2) is 57.9 Å². The minimum Gasteiger partial charge on any atom is -0.496 e. The molecular weight excluding hydrogens is 460 g/mol. The minimum absolute atomic E-state index is 0.00954. The Morgan fingerprint density at radius 3 is 2.67 bits per heavy atom. The van der Waals surface area contributed by atoms with Gasteiger partial charge in [-0.25, -0.2) is 8.42 Å². The van der Waals surface area contributed by atoms with Crippen molar-refractivity contribution in [2.24, 2.45) is 0 Å². The summed E-state index contributed by atoms with van der Waals surface area (Å²) >= 11 is 1.35. The number of hydrogen-bond donors (Lipinski definition) is 0. The monoisotopic (exact) mass is 488 g/mol. The molecule has 1 fully saturated rings. The van der Waals surface area contributed by atoms with Gasteiger partial charge in [-0.1, -0.05) is 23.9 Å². The summed E-state index contributed by atoms with van der Waals surface area (Å²) in [6, 6.07) is 9.41. The highest BCUT2D eigenvalue weighted by molar-refractivity contribution is 7.99. The molecule has 1 aliphatic heterocycles. The van der Waals surface area contributed by atoms with Gasteiger partial charge in [0.25, 0.3) is 0 Å². The van der Waals surface area contributed by atoms with E-state index < -0.39 is 9.84 Å². The van der Waals surface area contributed by atoms with E-state index >= 15 is 0 Å². The number of aromatic nitrogens is 4. The Bertz CT molecular complexity index is 1290. The summed E-state index contributed by atoms with van der Waals surface area (Å²) in [4.78, 5) is 13.1. The van der Waals surface area contributed by atoms with Gasteiger partial charge in [0, 0.05) is 29.5 Å². The molecular formula is C23H28N4O4S2. The van der Waals surface area contributed by atoms with Gasteiger partial charge >= 0.3 is 0 Å². The number of hydrogen-bond acceptors (Lipinski definition) is 7. The molecule has 3 heterocycles. The number of ketones is 1. The number of rotatable bonds is 8. The number of aryl methyl sites for hydroxylation is 1. The Labute approximate surface area is 198 Å². The van der Waals surface area contributed by atoms with Crippen LogP contribution in [0.2, 0.25) is 0 Å². The van der Waals surface area contributed by atoms with Crippen LogP contribution in [0.25, 0.3) is 11.4 Å². The number of Topliss-reactive ketones (excluding diaryl/α,β-unsaturated/α-hetero) is 1. The Balaban J connectivity index is 1.53. The summed E-state index contributed by atoms with van der Waals surface area (Å²) in [5, 5.41) is 9.35. The maximum absolute atomic E-state index is 13.1. The van der Waals surface area contributed by atoms with Crippen molar-refractivity contribution in [1.29, 1.82) is 0 Å². The van der Waals surface area contributed by atoms with Crippen molar-refractivity contribution in [2.75, 3.05) is 24.4 Å². The molecule has 10 heteroatoms. The van der Waals surface area contributed by atoms with Crippen molar-refractivity contribution in [3.05, 3.63) is 47.3 Å². The third-order valence-electron chi connectivity index (χ3n) is 6.07. The van der Waals surface area contributed by atoms with Crippen LogP contribution in [0.4, 0.5) is 0 Å². The summed E-state index contributed by atoms with van der Waals surface area (Å²) in [5.41, 5.74) is 3.23. The van der Waals surface area contributed by atoms with E-state index in [1.165, 1.54) is 11.8 Å². The third kappa shape index (κ3) is 4.59. The molecule has 0 unspecified atom stereocenters. The van der Waals surface area contributed by atoms with E-state index in [2.05, 4.69) is 10.2 Å². The Hall–Kier alpha value is -2.59. The van der Waals surface area contributed by atoms with Gasteiger partial charge in [-0.15, -0.1) is 10.2 Å². The molecule has 4 rings (SSSR count). The maximum Gasteiger partial charge on any atom is 0.191 e. The van der Waals surface area contributed by atoms with E-state index in [1.807, 2.05) is 60.2 Å². The molecule has 1 atom stereocenters. The molecule has 1 saturated heterocycles. The molecule has 0 N–H and O–H groups in total. The van der Waals surface area contributed by atoms with Crippen LogP contribution in [0.15, 0.2) is 35.5 Å². The van der Waals surface area contributed by atoms with E-state index in [-0.39, 0.29) is 29.1 Å². The van der Waals surface area contributed by atoms with E-state index in [4.69, 9.17) is 4.74 Å². The average molecular weight is 489 g/mol. The highest BCUT2D eigenvalue weighted by atomic mass is 32.2. The number of benzene rings is 1. The second kappa shape index (κ2) is 9.34. The molecule has 0 bridgehead atoms. The topological polar surface area (TPSA) is 96.1 Å². The molecule has 0 radical (unpaired) electrons. The second-order valence-electron chi connectivity index (χ2n) is 8.17. The summed E-state index contributed by atoms with van der Waals surface area (Å²) in [7, 11) is -1.38. The van der Waals surface area contributed by atoms with Gasteiger partial charge in [-0.2, -0.15) is 0 Å². The van der Waals surface area contributed by atoms with Crippen LogP contribution < -0.4 is 4.74 Å². The molecule has 1 aliphatic rings. The first-order valence-electron chi connectivity index (χ1n) is 10.9. The van der Waals surface area contributed by atoms with Crippen LogP contribution in [0.3, 0.4) is 0 Å². The predicted molar refractivity (Wildman–Crippen MR) is 129 cm³/mol. The third-order valence-corrected chi connectivity index (χ3v) is 8.79. The van der Waals surface area contributed by atoms with Gasteiger partial charge in [0.05, 0.1) is 29.9 Å². The second-order valence-corrected chi connectivity index (χ2v) is 11.3. The lowest BCUT2D eigenvalue weighted by atomic mass is 10.2. The zero-order valence-corrected chi connectivity index (χ0v) is 20.9. The van der Waals surface area contributed by atoms with Crippen molar-refractivity contribution in [3.8, 4) is 17.1 Å². The molecule has 3 aromatic rings. The quantitative estimate of drug-likeness (QED) is 0.352. The smallest absolute Gasteiger partial charge is 0.191 e. The van der Waals surface area contributed by atoms with Gasteiger partial charge in [0.1, 0.15) is 5.75 Å². The van der Waals surface area contributed by atoms with E-state index in [0.717, 1.165) is 17.0 Å². The standard InChI is InChI=1S/C23H28N4O4S2/c1-5-26-22(18-8-6-7-9-21(18)31-4)24-25-23(26)32-13-20(28)19-12-15(2)27(16(19)3)17-10-11-33(29,30)14-17/h6-9,12,17H,5,10-11,13-14H2,1-4H3/t17-/m1/s1. The number of methoxy groups -OCH3 is 1. The molecule has 8 nitrogen and oxygen atoms in total. The van der Waals surface area contributed by atoms with E-state index in [1.54, 1.807) is 7.11 Å². The van der Waals surface area contributed by atoms with Gasteiger partial charge in [0.15, 0.2) is 26.6 Å². The highest BCUT2D eigenvalue weighted by Crippen LogP contribution is 2.32. The first kappa shape index (κ1) is 23.6. The van der Waals surface area contributed by atoms with Gasteiger partial charge in [0.2, 0.25) is 0 Å². The van der Waals surface area contributed by atoms with Crippen molar-refractivity contribution in [1.82, 2.24) is 19.3 Å². The molecule has 176 valence electrons. The van der Waals surface area contributed by atoms with Crippen LogP contribution in [0.5, 0.6) is 5.75 Å². The van der Waals surface area contributed by atoms with Gasteiger partial charge in [-0.3, -0.25) is 4.79 Å². The Kier molecular flexibility index (Phi) is 6.67. The lowest BCUT2D eigenvalue weighted by Crippen LogP contribution is -2.14. The van der Waals surface area contributed by atoms with Crippen LogP contribution in [0, 0.1) is 13.8 Å². The largest absolute Gasteiger partial charge is 0.496 e. The fourth-order valence-electron chi connectivity index (χ4n) is 4.52. The molecule has 0 amide bonds. The molecule has 0 saturated carbocycles. The van der Waals surface area contributed by atoms with E-state index in [0.29, 0.717) is 35.3 Å². The number of carbonyl (C=O) groups excluding carboxylic acids is 1. The maximum atomic E-state index is 13.1. The van der Waals surface area contributed by atoms with Crippen LogP contribution in [-0.2, 0) is 16.4 Å². The summed E-state index contributed by atoms with van der Waals surface area (Å²) in [6.45, 7) is 6.48. The SMILES string of the molecule is CCn1c(SCC(=O)c2cc(C)n([C@@H]3CCS(=O)(=O)C3)c2C)nnc1-c1ccccc1OC. The molecule has 33 heavy (non-hydrogen) atoms. The molecule has 1 aromatic carbocycles. The molecule has 0 aliphatic carbocycles. The number of sulfone groups is 1. The summed E-state index contributed by atoms with van der Waals surface area (Å²) in [5.74, 6) is 1.97. The van der Waals surface area contributed by atoms with Crippen LogP contribution >= 0.6 is 11.8 Å². The number of para-hydroxylation sites is 1. The zero-order chi connectivity index (χ0) is 23.8. The van der Waals surface area contributed by atoms with Crippen molar-refractivity contribution in [3.63, 3.8) is 0 Å².